The highest BCUT2D eigenvalue weighted by Gasteiger charge is 2.07. The Hall–Kier alpha value is -1.00. The van der Waals surface area contributed by atoms with Crippen molar-refractivity contribution in [1.82, 2.24) is 0 Å². The highest BCUT2D eigenvalue weighted by Crippen LogP contribution is 2.35. The molecule has 4 heteroatoms. The SMILES string of the molecule is O=Cc1ccc(S)c2cc(O)sc12. The number of thiol groups is 1. The zero-order chi connectivity index (χ0) is 9.42. The first kappa shape index (κ1) is 8.59. The zero-order valence-electron chi connectivity index (χ0n) is 6.52. The predicted molar refractivity (Wildman–Crippen MR) is 56.1 cm³/mol. The summed E-state index contributed by atoms with van der Waals surface area (Å²) >= 11 is 5.42. The number of benzene rings is 1. The summed E-state index contributed by atoms with van der Waals surface area (Å²) in [6.45, 7) is 0. The number of rotatable bonds is 1. The van der Waals surface area contributed by atoms with Crippen LogP contribution in [0.2, 0.25) is 0 Å². The van der Waals surface area contributed by atoms with Gasteiger partial charge in [-0.05, 0) is 12.1 Å². The molecule has 0 saturated carbocycles. The lowest BCUT2D eigenvalue weighted by Crippen LogP contribution is -1.79. The molecule has 13 heavy (non-hydrogen) atoms. The van der Waals surface area contributed by atoms with Crippen LogP contribution in [0, 0.1) is 0 Å². The lowest BCUT2D eigenvalue weighted by molar-refractivity contribution is 0.112. The molecule has 0 radical (unpaired) electrons. The first-order chi connectivity index (χ1) is 6.22. The Bertz CT molecular complexity index is 474. The van der Waals surface area contributed by atoms with Gasteiger partial charge in [0.2, 0.25) is 0 Å². The molecule has 1 aromatic carbocycles. The summed E-state index contributed by atoms with van der Waals surface area (Å²) in [5.41, 5.74) is 0.595. The summed E-state index contributed by atoms with van der Waals surface area (Å²) in [6, 6.07) is 5.07. The second-order valence-corrected chi connectivity index (χ2v) is 4.13. The van der Waals surface area contributed by atoms with Crippen LogP contribution in [0.15, 0.2) is 23.1 Å². The van der Waals surface area contributed by atoms with Crippen molar-refractivity contribution in [3.8, 4) is 5.06 Å². The van der Waals surface area contributed by atoms with Gasteiger partial charge >= 0.3 is 0 Å². The van der Waals surface area contributed by atoms with Crippen molar-refractivity contribution >= 4 is 40.3 Å². The van der Waals surface area contributed by atoms with Crippen LogP contribution in [0.3, 0.4) is 0 Å². The molecular weight excluding hydrogens is 204 g/mol. The molecule has 0 bridgehead atoms. The molecule has 2 nitrogen and oxygen atoms in total. The van der Waals surface area contributed by atoms with E-state index in [2.05, 4.69) is 12.6 Å². The average molecular weight is 210 g/mol. The monoisotopic (exact) mass is 210 g/mol. The number of fused-ring (bicyclic) bond motifs is 1. The smallest absolute Gasteiger partial charge is 0.172 e. The second kappa shape index (κ2) is 3.05. The molecule has 0 unspecified atom stereocenters. The molecule has 0 saturated heterocycles. The first-order valence-corrected chi connectivity index (χ1v) is 4.88. The van der Waals surface area contributed by atoms with Gasteiger partial charge in [0.15, 0.2) is 11.3 Å². The third-order valence-electron chi connectivity index (χ3n) is 1.80. The summed E-state index contributed by atoms with van der Waals surface area (Å²) < 4.78 is 0.792. The standard InChI is InChI=1S/C9H6O2S2/c10-4-5-1-2-7(12)6-3-8(11)13-9(5)6/h1-4,11-12H. The molecule has 0 aliphatic heterocycles. The van der Waals surface area contributed by atoms with E-state index in [1.54, 1.807) is 18.2 Å². The molecule has 0 fully saturated rings. The highest BCUT2D eigenvalue weighted by atomic mass is 32.1. The van der Waals surface area contributed by atoms with Gasteiger partial charge in [-0.15, -0.1) is 12.6 Å². The van der Waals surface area contributed by atoms with Crippen molar-refractivity contribution < 1.29 is 9.90 Å². The van der Waals surface area contributed by atoms with Crippen LogP contribution in [0.4, 0.5) is 0 Å². The maximum absolute atomic E-state index is 10.6. The molecule has 0 amide bonds. The number of aromatic hydroxyl groups is 1. The lowest BCUT2D eigenvalue weighted by atomic mass is 10.2. The molecule has 2 aromatic rings. The Morgan fingerprint density at radius 3 is 2.92 bits per heavy atom. The van der Waals surface area contributed by atoms with E-state index in [1.807, 2.05) is 0 Å². The molecule has 0 aliphatic rings. The summed E-state index contributed by atoms with van der Waals surface area (Å²) in [5, 5.41) is 10.3. The maximum atomic E-state index is 10.6. The van der Waals surface area contributed by atoms with Gasteiger partial charge in [0, 0.05) is 26.6 Å². The van der Waals surface area contributed by atoms with Crippen LogP contribution in [-0.4, -0.2) is 11.4 Å². The Morgan fingerprint density at radius 2 is 2.23 bits per heavy atom. The van der Waals surface area contributed by atoms with Gasteiger partial charge in [0.05, 0.1) is 0 Å². The minimum Gasteiger partial charge on any atom is -0.499 e. The fraction of sp³-hybridized carbons (Fsp3) is 0. The quantitative estimate of drug-likeness (QED) is 0.561. The molecular formula is C9H6O2S2. The van der Waals surface area contributed by atoms with Crippen LogP contribution < -0.4 is 0 Å². The Balaban J connectivity index is 2.91. The van der Waals surface area contributed by atoms with Crippen molar-refractivity contribution in [2.75, 3.05) is 0 Å². The predicted octanol–water partition coefficient (Wildman–Crippen LogP) is 2.71. The van der Waals surface area contributed by atoms with Gasteiger partial charge in [0.25, 0.3) is 0 Å². The van der Waals surface area contributed by atoms with E-state index in [4.69, 9.17) is 0 Å². The van der Waals surface area contributed by atoms with E-state index < -0.39 is 0 Å². The molecule has 1 aromatic heterocycles. The zero-order valence-corrected chi connectivity index (χ0v) is 8.23. The van der Waals surface area contributed by atoms with Gasteiger partial charge in [-0.25, -0.2) is 0 Å². The first-order valence-electron chi connectivity index (χ1n) is 3.62. The van der Waals surface area contributed by atoms with E-state index in [-0.39, 0.29) is 5.06 Å². The van der Waals surface area contributed by atoms with Crippen LogP contribution in [-0.2, 0) is 0 Å². The normalized spacial score (nSPS) is 10.5. The van der Waals surface area contributed by atoms with Gasteiger partial charge in [-0.3, -0.25) is 4.79 Å². The van der Waals surface area contributed by atoms with Crippen LogP contribution in [0.5, 0.6) is 5.06 Å². The van der Waals surface area contributed by atoms with Gasteiger partial charge in [0.1, 0.15) is 0 Å². The summed E-state index contributed by atoms with van der Waals surface area (Å²) in [4.78, 5) is 11.4. The minimum atomic E-state index is 0.208. The molecule has 0 atom stereocenters. The van der Waals surface area contributed by atoms with Crippen molar-refractivity contribution in [3.63, 3.8) is 0 Å². The molecule has 0 spiro atoms. The van der Waals surface area contributed by atoms with E-state index in [0.717, 1.165) is 21.3 Å². The van der Waals surface area contributed by atoms with Gasteiger partial charge in [-0.2, -0.15) is 0 Å². The topological polar surface area (TPSA) is 37.3 Å². The van der Waals surface area contributed by atoms with E-state index in [9.17, 15) is 9.90 Å². The van der Waals surface area contributed by atoms with Crippen LogP contribution in [0.25, 0.3) is 10.1 Å². The number of thiophene rings is 1. The second-order valence-electron chi connectivity index (χ2n) is 2.62. The number of hydrogen-bond acceptors (Lipinski definition) is 4. The number of hydrogen-bond donors (Lipinski definition) is 2. The molecule has 66 valence electrons. The Kier molecular flexibility index (Phi) is 2.01. The summed E-state index contributed by atoms with van der Waals surface area (Å²) in [6.07, 6.45) is 0.783. The molecule has 1 N–H and O–H groups in total. The molecule has 2 rings (SSSR count). The van der Waals surface area contributed by atoms with Crippen LogP contribution >= 0.6 is 24.0 Å². The molecule has 0 aliphatic carbocycles. The van der Waals surface area contributed by atoms with E-state index in [0.29, 0.717) is 5.56 Å². The maximum Gasteiger partial charge on any atom is 0.172 e. The van der Waals surface area contributed by atoms with Crippen molar-refractivity contribution in [2.45, 2.75) is 4.90 Å². The van der Waals surface area contributed by atoms with Crippen molar-refractivity contribution in [1.29, 1.82) is 0 Å². The largest absolute Gasteiger partial charge is 0.499 e. The average Bonchev–Trinajstić information content (AvgIpc) is 2.48. The third-order valence-corrected chi connectivity index (χ3v) is 3.18. The number of aldehydes is 1. The fourth-order valence-corrected chi connectivity index (χ4v) is 2.43. The Labute approximate surface area is 84.2 Å². The number of carbonyl (C=O) groups excluding carboxylic acids is 1. The van der Waals surface area contributed by atoms with Crippen molar-refractivity contribution in [2.24, 2.45) is 0 Å². The number of carbonyl (C=O) groups is 1. The Morgan fingerprint density at radius 1 is 1.46 bits per heavy atom. The third kappa shape index (κ3) is 1.32. The van der Waals surface area contributed by atoms with Gasteiger partial charge < -0.3 is 5.11 Å². The van der Waals surface area contributed by atoms with E-state index in [1.165, 1.54) is 11.3 Å². The fourth-order valence-electron chi connectivity index (χ4n) is 1.21. The van der Waals surface area contributed by atoms with E-state index >= 15 is 0 Å². The summed E-state index contributed by atoms with van der Waals surface area (Å²) in [7, 11) is 0. The van der Waals surface area contributed by atoms with Crippen molar-refractivity contribution in [3.05, 3.63) is 23.8 Å². The van der Waals surface area contributed by atoms with Crippen LogP contribution in [0.1, 0.15) is 10.4 Å². The minimum absolute atomic E-state index is 0.208. The molecule has 1 heterocycles. The van der Waals surface area contributed by atoms with Gasteiger partial charge in [-0.1, -0.05) is 11.3 Å². The summed E-state index contributed by atoms with van der Waals surface area (Å²) in [5.74, 6) is 0. The highest BCUT2D eigenvalue weighted by molar-refractivity contribution is 7.80. The lowest BCUT2D eigenvalue weighted by Gasteiger charge is -1.95.